The van der Waals surface area contributed by atoms with E-state index < -0.39 is 5.41 Å². The van der Waals surface area contributed by atoms with Gasteiger partial charge in [-0.3, -0.25) is 4.79 Å². The Morgan fingerprint density at radius 1 is 1.50 bits per heavy atom. The van der Waals surface area contributed by atoms with Crippen LogP contribution in [0.3, 0.4) is 0 Å². The standard InChI is InChI=1S/C14H16ClNO2/c1-3-14(2,8-16)13(17)11-7-9-5-4-6-10(15)12(9)18-11/h4-7H,3,8,16H2,1-2H3. The number of halogens is 1. The lowest BCUT2D eigenvalue weighted by molar-refractivity contribution is 0.0792. The van der Waals surface area contributed by atoms with Gasteiger partial charge in [0.25, 0.3) is 0 Å². The van der Waals surface area contributed by atoms with Crippen molar-refractivity contribution in [2.45, 2.75) is 20.3 Å². The second-order valence-corrected chi connectivity index (χ2v) is 5.12. The van der Waals surface area contributed by atoms with Gasteiger partial charge in [0.05, 0.1) is 5.02 Å². The minimum atomic E-state index is -0.583. The Balaban J connectivity index is 2.49. The first-order chi connectivity index (χ1) is 8.51. The van der Waals surface area contributed by atoms with Gasteiger partial charge in [0, 0.05) is 17.3 Å². The molecule has 1 aromatic carbocycles. The third-order valence-electron chi connectivity index (χ3n) is 3.50. The highest BCUT2D eigenvalue weighted by atomic mass is 35.5. The van der Waals surface area contributed by atoms with Crippen molar-refractivity contribution in [3.8, 4) is 0 Å². The molecule has 0 radical (unpaired) electrons. The number of para-hydroxylation sites is 1. The van der Waals surface area contributed by atoms with Crippen LogP contribution in [0, 0.1) is 5.41 Å². The highest BCUT2D eigenvalue weighted by molar-refractivity contribution is 6.34. The number of Topliss-reactive ketones (excluding diaryl/α,β-unsaturated/α-hetero) is 1. The van der Waals surface area contributed by atoms with Gasteiger partial charge in [-0.05, 0) is 18.6 Å². The van der Waals surface area contributed by atoms with Crippen molar-refractivity contribution < 1.29 is 9.21 Å². The van der Waals surface area contributed by atoms with Crippen LogP contribution < -0.4 is 5.73 Å². The molecule has 0 saturated heterocycles. The van der Waals surface area contributed by atoms with Gasteiger partial charge >= 0.3 is 0 Å². The smallest absolute Gasteiger partial charge is 0.205 e. The molecule has 2 N–H and O–H groups in total. The van der Waals surface area contributed by atoms with Gasteiger partial charge in [-0.2, -0.15) is 0 Å². The van der Waals surface area contributed by atoms with Gasteiger partial charge in [0.15, 0.2) is 11.3 Å². The Kier molecular flexibility index (Phi) is 3.46. The van der Waals surface area contributed by atoms with Gasteiger partial charge in [0.1, 0.15) is 0 Å². The molecule has 0 amide bonds. The number of ketones is 1. The highest BCUT2D eigenvalue weighted by Crippen LogP contribution is 2.31. The average molecular weight is 266 g/mol. The Morgan fingerprint density at radius 3 is 2.78 bits per heavy atom. The summed E-state index contributed by atoms with van der Waals surface area (Å²) in [6.45, 7) is 4.09. The molecule has 0 bridgehead atoms. The maximum atomic E-state index is 12.4. The van der Waals surface area contributed by atoms with Crippen molar-refractivity contribution in [3.63, 3.8) is 0 Å². The van der Waals surface area contributed by atoms with Crippen LogP contribution in [-0.2, 0) is 0 Å². The van der Waals surface area contributed by atoms with Crippen LogP contribution in [0.4, 0.5) is 0 Å². The van der Waals surface area contributed by atoms with Crippen molar-refractivity contribution in [2.75, 3.05) is 6.54 Å². The lowest BCUT2D eigenvalue weighted by Gasteiger charge is -2.22. The van der Waals surface area contributed by atoms with Gasteiger partial charge in [-0.1, -0.05) is 37.6 Å². The molecule has 1 atom stereocenters. The van der Waals surface area contributed by atoms with Gasteiger partial charge < -0.3 is 10.2 Å². The number of rotatable bonds is 4. The molecule has 0 fully saturated rings. The van der Waals surface area contributed by atoms with E-state index in [1.54, 1.807) is 12.1 Å². The van der Waals surface area contributed by atoms with Crippen LogP contribution in [-0.4, -0.2) is 12.3 Å². The third-order valence-corrected chi connectivity index (χ3v) is 3.80. The van der Waals surface area contributed by atoms with Crippen molar-refractivity contribution in [1.29, 1.82) is 0 Å². The van der Waals surface area contributed by atoms with Gasteiger partial charge in [0.2, 0.25) is 5.78 Å². The third kappa shape index (κ3) is 2.04. The molecule has 0 saturated carbocycles. The van der Waals surface area contributed by atoms with Crippen LogP contribution in [0.15, 0.2) is 28.7 Å². The number of carbonyl (C=O) groups is 1. The van der Waals surface area contributed by atoms with E-state index in [9.17, 15) is 4.79 Å². The Hall–Kier alpha value is -1.32. The number of hydrogen-bond donors (Lipinski definition) is 1. The maximum absolute atomic E-state index is 12.4. The maximum Gasteiger partial charge on any atom is 0.205 e. The molecule has 2 aromatic rings. The summed E-state index contributed by atoms with van der Waals surface area (Å²) in [7, 11) is 0. The molecule has 0 aliphatic heterocycles. The Labute approximate surface area is 111 Å². The summed E-state index contributed by atoms with van der Waals surface area (Å²) >= 11 is 6.03. The summed E-state index contributed by atoms with van der Waals surface area (Å²) in [6.07, 6.45) is 0.674. The quantitative estimate of drug-likeness (QED) is 0.859. The van der Waals surface area contributed by atoms with E-state index in [1.165, 1.54) is 0 Å². The van der Waals surface area contributed by atoms with Crippen LogP contribution in [0.25, 0.3) is 11.0 Å². The van der Waals surface area contributed by atoms with Crippen molar-refractivity contribution in [3.05, 3.63) is 35.0 Å². The van der Waals surface area contributed by atoms with Crippen molar-refractivity contribution >= 4 is 28.4 Å². The van der Waals surface area contributed by atoms with E-state index in [1.807, 2.05) is 26.0 Å². The first-order valence-electron chi connectivity index (χ1n) is 5.95. The first kappa shape index (κ1) is 13.1. The predicted octanol–water partition coefficient (Wildman–Crippen LogP) is 3.64. The number of carbonyl (C=O) groups excluding carboxylic acids is 1. The molecular weight excluding hydrogens is 250 g/mol. The monoisotopic (exact) mass is 265 g/mol. The van der Waals surface area contributed by atoms with E-state index in [2.05, 4.69) is 0 Å². The van der Waals surface area contributed by atoms with Crippen LogP contribution in [0.5, 0.6) is 0 Å². The molecule has 4 heteroatoms. The molecule has 18 heavy (non-hydrogen) atoms. The van der Waals surface area contributed by atoms with Crippen molar-refractivity contribution in [2.24, 2.45) is 11.1 Å². The summed E-state index contributed by atoms with van der Waals surface area (Å²) < 4.78 is 5.57. The van der Waals surface area contributed by atoms with Crippen LogP contribution in [0.1, 0.15) is 30.8 Å². The first-order valence-corrected chi connectivity index (χ1v) is 6.32. The summed E-state index contributed by atoms with van der Waals surface area (Å²) in [6, 6.07) is 7.17. The van der Waals surface area contributed by atoms with Crippen LogP contribution >= 0.6 is 11.6 Å². The zero-order chi connectivity index (χ0) is 13.3. The molecule has 2 rings (SSSR count). The zero-order valence-electron chi connectivity index (χ0n) is 10.5. The SMILES string of the molecule is CCC(C)(CN)C(=O)c1cc2cccc(Cl)c2o1. The molecule has 3 nitrogen and oxygen atoms in total. The molecule has 1 unspecified atom stereocenters. The topological polar surface area (TPSA) is 56.2 Å². The number of fused-ring (bicyclic) bond motifs is 1. The minimum Gasteiger partial charge on any atom is -0.451 e. The van der Waals surface area contributed by atoms with Gasteiger partial charge in [-0.25, -0.2) is 0 Å². The molecule has 0 aliphatic rings. The van der Waals surface area contributed by atoms with E-state index >= 15 is 0 Å². The molecule has 96 valence electrons. The molecular formula is C14H16ClNO2. The lowest BCUT2D eigenvalue weighted by atomic mass is 9.82. The number of nitrogens with two attached hydrogens (primary N) is 1. The van der Waals surface area contributed by atoms with Crippen molar-refractivity contribution in [1.82, 2.24) is 0 Å². The fourth-order valence-corrected chi connectivity index (χ4v) is 2.05. The lowest BCUT2D eigenvalue weighted by Crippen LogP contribution is -2.35. The number of benzene rings is 1. The summed E-state index contributed by atoms with van der Waals surface area (Å²) in [4.78, 5) is 12.4. The molecule has 1 heterocycles. The second-order valence-electron chi connectivity index (χ2n) is 4.72. The normalized spacial score (nSPS) is 14.7. The summed E-state index contributed by atoms with van der Waals surface area (Å²) in [5, 5.41) is 1.35. The predicted molar refractivity (Wildman–Crippen MR) is 73.0 cm³/mol. The molecule has 0 aliphatic carbocycles. The van der Waals surface area contributed by atoms with E-state index in [4.69, 9.17) is 21.8 Å². The summed E-state index contributed by atoms with van der Waals surface area (Å²) in [5.41, 5.74) is 5.66. The average Bonchev–Trinajstić information content (AvgIpc) is 2.82. The minimum absolute atomic E-state index is 0.0697. The van der Waals surface area contributed by atoms with Gasteiger partial charge in [-0.15, -0.1) is 0 Å². The fraction of sp³-hybridized carbons (Fsp3) is 0.357. The van der Waals surface area contributed by atoms with E-state index in [-0.39, 0.29) is 5.78 Å². The van der Waals surface area contributed by atoms with Crippen LogP contribution in [0.2, 0.25) is 5.02 Å². The second kappa shape index (κ2) is 4.75. The Bertz CT molecular complexity index is 584. The zero-order valence-corrected chi connectivity index (χ0v) is 11.3. The fourth-order valence-electron chi connectivity index (χ4n) is 1.83. The van der Waals surface area contributed by atoms with E-state index in [0.29, 0.717) is 29.3 Å². The molecule has 1 aromatic heterocycles. The Morgan fingerprint density at radius 2 is 2.22 bits per heavy atom. The number of hydrogen-bond acceptors (Lipinski definition) is 3. The van der Waals surface area contributed by atoms with E-state index in [0.717, 1.165) is 5.39 Å². The highest BCUT2D eigenvalue weighted by Gasteiger charge is 2.33. The largest absolute Gasteiger partial charge is 0.451 e. The summed E-state index contributed by atoms with van der Waals surface area (Å²) in [5.74, 6) is 0.257. The molecule has 0 spiro atoms. The number of furan rings is 1.